The number of benzene rings is 2. The minimum absolute atomic E-state index is 1.01. The lowest BCUT2D eigenvalue weighted by Crippen LogP contribution is -2.06. The SMILES string of the molecule is Brc1ccc2nc3c4ccccc4n(CCCCCC4CCCCC4)c3cc2c1. The van der Waals surface area contributed by atoms with Crippen LogP contribution >= 0.6 is 15.9 Å². The second kappa shape index (κ2) is 8.47. The smallest absolute Gasteiger partial charge is 0.0967 e. The van der Waals surface area contributed by atoms with Crippen LogP contribution in [-0.2, 0) is 6.54 Å². The molecule has 5 rings (SSSR count). The molecule has 29 heavy (non-hydrogen) atoms. The molecular formula is C26H29BrN2. The van der Waals surface area contributed by atoms with Crippen LogP contribution in [0.2, 0.25) is 0 Å². The Morgan fingerprint density at radius 1 is 0.897 bits per heavy atom. The molecule has 0 N–H and O–H groups in total. The van der Waals surface area contributed by atoms with Crippen LogP contribution in [0.15, 0.2) is 53.0 Å². The van der Waals surface area contributed by atoms with Crippen molar-refractivity contribution in [1.29, 1.82) is 0 Å². The average molecular weight is 449 g/mol. The van der Waals surface area contributed by atoms with E-state index in [1.807, 2.05) is 0 Å². The van der Waals surface area contributed by atoms with Gasteiger partial charge in [-0.05, 0) is 42.7 Å². The third-order valence-electron chi connectivity index (χ3n) is 6.72. The number of hydrogen-bond acceptors (Lipinski definition) is 1. The molecule has 3 heteroatoms. The molecule has 1 aliphatic carbocycles. The molecule has 1 aliphatic rings. The molecule has 0 aliphatic heterocycles. The summed E-state index contributed by atoms with van der Waals surface area (Å²) < 4.78 is 3.61. The van der Waals surface area contributed by atoms with Gasteiger partial charge in [0.15, 0.2) is 0 Å². The van der Waals surface area contributed by atoms with E-state index in [9.17, 15) is 0 Å². The summed E-state index contributed by atoms with van der Waals surface area (Å²) in [6.07, 6.45) is 12.7. The van der Waals surface area contributed by atoms with Crippen LogP contribution in [0.4, 0.5) is 0 Å². The van der Waals surface area contributed by atoms with Crippen LogP contribution in [0.3, 0.4) is 0 Å². The maximum absolute atomic E-state index is 5.03. The van der Waals surface area contributed by atoms with E-state index in [1.54, 1.807) is 0 Å². The molecule has 2 aromatic carbocycles. The fourth-order valence-electron chi connectivity index (χ4n) is 5.18. The number of aromatic nitrogens is 2. The molecule has 2 heterocycles. The van der Waals surface area contributed by atoms with Gasteiger partial charge in [0.1, 0.15) is 0 Å². The fourth-order valence-corrected chi connectivity index (χ4v) is 5.55. The topological polar surface area (TPSA) is 17.8 Å². The van der Waals surface area contributed by atoms with E-state index in [4.69, 9.17) is 4.98 Å². The van der Waals surface area contributed by atoms with E-state index >= 15 is 0 Å². The van der Waals surface area contributed by atoms with Gasteiger partial charge < -0.3 is 4.57 Å². The number of fused-ring (bicyclic) bond motifs is 4. The Balaban J connectivity index is 1.39. The predicted molar refractivity (Wildman–Crippen MR) is 127 cm³/mol. The number of para-hydroxylation sites is 1. The Kier molecular flexibility index (Phi) is 5.59. The van der Waals surface area contributed by atoms with Crippen molar-refractivity contribution in [1.82, 2.24) is 9.55 Å². The molecular weight excluding hydrogens is 420 g/mol. The van der Waals surface area contributed by atoms with Crippen LogP contribution in [0.1, 0.15) is 57.8 Å². The van der Waals surface area contributed by atoms with Crippen molar-refractivity contribution in [2.24, 2.45) is 5.92 Å². The summed E-state index contributed by atoms with van der Waals surface area (Å²) >= 11 is 3.61. The molecule has 0 unspecified atom stereocenters. The van der Waals surface area contributed by atoms with Gasteiger partial charge in [0, 0.05) is 21.8 Å². The normalized spacial score (nSPS) is 15.6. The first-order valence-electron chi connectivity index (χ1n) is 11.3. The number of aryl methyl sites for hydroxylation is 1. The summed E-state index contributed by atoms with van der Waals surface area (Å²) in [5.74, 6) is 1.01. The summed E-state index contributed by atoms with van der Waals surface area (Å²) in [5, 5.41) is 2.47. The summed E-state index contributed by atoms with van der Waals surface area (Å²) in [7, 11) is 0. The lowest BCUT2D eigenvalue weighted by molar-refractivity contribution is 0.327. The maximum atomic E-state index is 5.03. The quantitative estimate of drug-likeness (QED) is 0.271. The Hall–Kier alpha value is -1.87. The predicted octanol–water partition coefficient (Wildman–Crippen LogP) is 8.25. The van der Waals surface area contributed by atoms with E-state index in [-0.39, 0.29) is 0 Å². The first-order chi connectivity index (χ1) is 14.3. The van der Waals surface area contributed by atoms with E-state index in [0.29, 0.717) is 0 Å². The second-order valence-corrected chi connectivity index (χ2v) is 9.63. The zero-order chi connectivity index (χ0) is 19.6. The molecule has 0 radical (unpaired) electrons. The van der Waals surface area contributed by atoms with Gasteiger partial charge in [-0.15, -0.1) is 0 Å². The first kappa shape index (κ1) is 19.1. The van der Waals surface area contributed by atoms with Gasteiger partial charge in [-0.2, -0.15) is 0 Å². The summed E-state index contributed by atoms with van der Waals surface area (Å²) in [6.45, 7) is 1.08. The number of halogens is 1. The van der Waals surface area contributed by atoms with Crippen molar-refractivity contribution in [2.45, 2.75) is 64.3 Å². The second-order valence-electron chi connectivity index (χ2n) is 8.72. The zero-order valence-electron chi connectivity index (χ0n) is 17.0. The number of pyridine rings is 1. The van der Waals surface area contributed by atoms with Crippen LogP contribution in [-0.4, -0.2) is 9.55 Å². The van der Waals surface area contributed by atoms with Crippen LogP contribution in [0.25, 0.3) is 32.8 Å². The third-order valence-corrected chi connectivity index (χ3v) is 7.21. The zero-order valence-corrected chi connectivity index (χ0v) is 18.6. The highest BCUT2D eigenvalue weighted by molar-refractivity contribution is 9.10. The molecule has 1 fully saturated rings. The molecule has 0 spiro atoms. The highest BCUT2D eigenvalue weighted by atomic mass is 79.9. The molecule has 0 saturated heterocycles. The van der Waals surface area contributed by atoms with Crippen LogP contribution in [0, 0.1) is 5.92 Å². The molecule has 1 saturated carbocycles. The largest absolute Gasteiger partial charge is 0.339 e. The maximum Gasteiger partial charge on any atom is 0.0967 e. The average Bonchev–Trinajstić information content (AvgIpc) is 3.05. The van der Waals surface area contributed by atoms with Gasteiger partial charge in [0.05, 0.1) is 22.1 Å². The molecule has 2 nitrogen and oxygen atoms in total. The van der Waals surface area contributed by atoms with Crippen molar-refractivity contribution in [3.8, 4) is 0 Å². The standard InChI is InChI=1S/C26H29BrN2/c27-21-14-15-23-20(17-21)18-25-26(28-23)22-12-6-7-13-24(22)29(25)16-8-2-5-11-19-9-3-1-4-10-19/h6-7,12-15,17-19H,1-5,8-11,16H2. The van der Waals surface area contributed by atoms with Crippen LogP contribution in [0.5, 0.6) is 0 Å². The minimum atomic E-state index is 1.01. The number of unbranched alkanes of at least 4 members (excludes halogenated alkanes) is 2. The highest BCUT2D eigenvalue weighted by Gasteiger charge is 2.14. The molecule has 150 valence electrons. The van der Waals surface area contributed by atoms with Gasteiger partial charge in [-0.25, -0.2) is 4.98 Å². The first-order valence-corrected chi connectivity index (χ1v) is 12.1. The Morgan fingerprint density at radius 2 is 1.76 bits per heavy atom. The Morgan fingerprint density at radius 3 is 2.66 bits per heavy atom. The Labute approximate surface area is 181 Å². The van der Waals surface area contributed by atoms with Crippen molar-refractivity contribution in [3.05, 3.63) is 53.0 Å². The number of hydrogen-bond donors (Lipinski definition) is 0. The Bertz CT molecular complexity index is 1140. The van der Waals surface area contributed by atoms with Gasteiger partial charge in [-0.3, -0.25) is 0 Å². The van der Waals surface area contributed by atoms with Crippen molar-refractivity contribution < 1.29 is 0 Å². The van der Waals surface area contributed by atoms with E-state index < -0.39 is 0 Å². The summed E-state index contributed by atoms with van der Waals surface area (Å²) in [4.78, 5) is 5.03. The van der Waals surface area contributed by atoms with Gasteiger partial charge in [0.25, 0.3) is 0 Å². The molecule has 2 aromatic heterocycles. The van der Waals surface area contributed by atoms with Crippen molar-refractivity contribution in [3.63, 3.8) is 0 Å². The number of rotatable bonds is 6. The van der Waals surface area contributed by atoms with Gasteiger partial charge >= 0.3 is 0 Å². The number of nitrogens with zero attached hydrogens (tertiary/aromatic N) is 2. The van der Waals surface area contributed by atoms with E-state index in [0.717, 1.165) is 28.0 Å². The third kappa shape index (κ3) is 3.94. The summed E-state index contributed by atoms with van der Waals surface area (Å²) in [5.41, 5.74) is 4.79. The van der Waals surface area contributed by atoms with E-state index in [1.165, 1.54) is 79.6 Å². The van der Waals surface area contributed by atoms with E-state index in [2.05, 4.69) is 69.0 Å². The van der Waals surface area contributed by atoms with Crippen molar-refractivity contribution >= 4 is 48.8 Å². The summed E-state index contributed by atoms with van der Waals surface area (Å²) in [6, 6.07) is 17.4. The van der Waals surface area contributed by atoms with Gasteiger partial charge in [0.2, 0.25) is 0 Å². The molecule has 0 amide bonds. The lowest BCUT2D eigenvalue weighted by atomic mass is 9.85. The molecule has 0 bridgehead atoms. The fraction of sp³-hybridized carbons (Fsp3) is 0.423. The van der Waals surface area contributed by atoms with Crippen molar-refractivity contribution in [2.75, 3.05) is 0 Å². The monoisotopic (exact) mass is 448 g/mol. The van der Waals surface area contributed by atoms with Crippen LogP contribution < -0.4 is 0 Å². The lowest BCUT2D eigenvalue weighted by Gasteiger charge is -2.21. The molecule has 4 aromatic rings. The molecule has 0 atom stereocenters. The van der Waals surface area contributed by atoms with Gasteiger partial charge in [-0.1, -0.05) is 85.5 Å². The highest BCUT2D eigenvalue weighted by Crippen LogP contribution is 2.32. The minimum Gasteiger partial charge on any atom is -0.339 e.